The van der Waals surface area contributed by atoms with Gasteiger partial charge in [-0.2, -0.15) is 0 Å². The molecule has 0 radical (unpaired) electrons. The molecule has 0 amide bonds. The van der Waals surface area contributed by atoms with Gasteiger partial charge in [-0.25, -0.2) is 9.59 Å². The number of esters is 3. The molecule has 1 spiro atoms. The van der Waals surface area contributed by atoms with Crippen molar-refractivity contribution in [3.8, 4) is 0 Å². The van der Waals surface area contributed by atoms with Gasteiger partial charge in [0.05, 0.1) is 5.57 Å². The third-order valence-corrected chi connectivity index (χ3v) is 11.1. The van der Waals surface area contributed by atoms with Crippen molar-refractivity contribution < 1.29 is 43.2 Å². The number of carbonyl (C=O) groups is 4. The molecule has 0 aromatic carbocycles. The predicted octanol–water partition coefficient (Wildman–Crippen LogP) is 2.40. The van der Waals surface area contributed by atoms with E-state index in [1.807, 2.05) is 33.8 Å². The Morgan fingerprint density at radius 3 is 2.38 bits per heavy atom. The molecule has 2 saturated carbocycles. The van der Waals surface area contributed by atoms with Crippen LogP contribution in [0.3, 0.4) is 0 Å². The Kier molecular flexibility index (Phi) is 4.77. The minimum atomic E-state index is -1.40. The molecule has 3 heterocycles. The molecular weight excluding hydrogens is 480 g/mol. The second kappa shape index (κ2) is 7.11. The summed E-state index contributed by atoms with van der Waals surface area (Å²) in [5, 5.41) is 9.95. The summed E-state index contributed by atoms with van der Waals surface area (Å²) in [6.07, 6.45) is 2.76. The molecule has 0 aromatic heterocycles. The van der Waals surface area contributed by atoms with Gasteiger partial charge in [-0.1, -0.05) is 40.7 Å². The van der Waals surface area contributed by atoms with Crippen LogP contribution in [-0.2, 0) is 38.1 Å². The highest BCUT2D eigenvalue weighted by Crippen LogP contribution is 2.78. The molecule has 9 nitrogen and oxygen atoms in total. The highest BCUT2D eigenvalue weighted by molar-refractivity contribution is 5.96. The Bertz CT molecular complexity index is 1200. The first-order chi connectivity index (χ1) is 17.1. The number of fused-ring (bicyclic) bond motifs is 3. The van der Waals surface area contributed by atoms with Crippen LogP contribution in [-0.4, -0.2) is 59.0 Å². The van der Waals surface area contributed by atoms with Crippen molar-refractivity contribution in [2.45, 2.75) is 91.0 Å². The lowest BCUT2D eigenvalue weighted by Gasteiger charge is -2.68. The fourth-order valence-electron chi connectivity index (χ4n) is 9.38. The highest BCUT2D eigenvalue weighted by atomic mass is 16.7. The predicted molar refractivity (Wildman–Crippen MR) is 126 cm³/mol. The number of ketones is 1. The lowest BCUT2D eigenvalue weighted by molar-refractivity contribution is -0.247. The number of rotatable bonds is 2. The van der Waals surface area contributed by atoms with Gasteiger partial charge >= 0.3 is 17.9 Å². The average Bonchev–Trinajstić information content (AvgIpc) is 3.49. The number of ether oxygens (including phenoxy) is 4. The number of allylic oxidation sites excluding steroid dienone is 2. The number of epoxide rings is 1. The first-order valence-corrected chi connectivity index (χ1v) is 13.0. The number of aliphatic hydroxyl groups is 1. The molecule has 9 heteroatoms. The van der Waals surface area contributed by atoms with Crippen LogP contribution in [0.15, 0.2) is 23.8 Å². The van der Waals surface area contributed by atoms with Crippen molar-refractivity contribution in [2.24, 2.45) is 33.5 Å². The summed E-state index contributed by atoms with van der Waals surface area (Å²) in [7, 11) is 0. The van der Waals surface area contributed by atoms with Crippen LogP contribution in [0.25, 0.3) is 0 Å². The summed E-state index contributed by atoms with van der Waals surface area (Å²) < 4.78 is 23.2. The highest BCUT2D eigenvalue weighted by Gasteiger charge is 2.88. The molecule has 2 saturated heterocycles. The maximum Gasteiger partial charge on any atom is 0.340 e. The van der Waals surface area contributed by atoms with E-state index in [-0.39, 0.29) is 23.2 Å². The molecule has 200 valence electrons. The number of aliphatic hydroxyl groups excluding tert-OH is 1. The third kappa shape index (κ3) is 2.72. The summed E-state index contributed by atoms with van der Waals surface area (Å²) in [6.45, 7) is 11.4. The van der Waals surface area contributed by atoms with Crippen LogP contribution in [0, 0.1) is 33.5 Å². The maximum atomic E-state index is 13.3. The standard InChI is InChI=1S/C28H34O9/c1-13(29)34-18-12-16-24(2,3)17(30)8-9-25(16,4)15-7-10-26(5)20(14-11-19(31)35-22(14)32)36-23(33)21-28(26,37-21)27(15,18)6/h8-9,11,15-16,18-21,31H,7,10,12H2,1-6H3/t15?,16?,18-,19?,20+,21-,25-,26+,27+,28-/m1/s1. The SMILES string of the molecule is CC(=O)O[C@@H]1CC2C(C)(C)C(=O)C=C[C@]2(C)C2CC[C@@]3(C)[C@H](C4=CC(O)OC4=O)OC(=O)[C@H]4O[C@]43[C@@]21C. The second-order valence-electron chi connectivity index (χ2n) is 12.9. The van der Waals surface area contributed by atoms with Crippen molar-refractivity contribution in [2.75, 3.05) is 0 Å². The van der Waals surface area contributed by atoms with Crippen molar-refractivity contribution in [1.82, 2.24) is 0 Å². The van der Waals surface area contributed by atoms with Gasteiger partial charge in [0.25, 0.3) is 0 Å². The molecule has 1 N–H and O–H groups in total. The Morgan fingerprint density at radius 1 is 1.05 bits per heavy atom. The summed E-state index contributed by atoms with van der Waals surface area (Å²) in [6, 6.07) is 0. The molecule has 6 rings (SSSR count). The van der Waals surface area contributed by atoms with E-state index >= 15 is 0 Å². The Labute approximate surface area is 215 Å². The summed E-state index contributed by atoms with van der Waals surface area (Å²) in [5.74, 6) is -1.88. The monoisotopic (exact) mass is 514 g/mol. The molecule has 10 atom stereocenters. The first-order valence-electron chi connectivity index (χ1n) is 13.0. The quantitative estimate of drug-likeness (QED) is 0.335. The minimum Gasteiger partial charge on any atom is -0.462 e. The van der Waals surface area contributed by atoms with Crippen LogP contribution >= 0.6 is 0 Å². The van der Waals surface area contributed by atoms with Gasteiger partial charge in [0.15, 0.2) is 11.9 Å². The van der Waals surface area contributed by atoms with Gasteiger partial charge in [0.2, 0.25) is 6.29 Å². The lowest BCUT2D eigenvalue weighted by atomic mass is 9.35. The zero-order chi connectivity index (χ0) is 26.9. The lowest BCUT2D eigenvalue weighted by Crippen LogP contribution is -2.74. The number of carbonyl (C=O) groups excluding carboxylic acids is 4. The molecule has 6 aliphatic rings. The van der Waals surface area contributed by atoms with Crippen LogP contribution in [0.1, 0.15) is 60.8 Å². The normalized spacial score (nSPS) is 51.0. The van der Waals surface area contributed by atoms with Crippen molar-refractivity contribution in [1.29, 1.82) is 0 Å². The zero-order valence-electron chi connectivity index (χ0n) is 22.0. The largest absolute Gasteiger partial charge is 0.462 e. The van der Waals surface area contributed by atoms with Gasteiger partial charge in [-0.3, -0.25) is 9.59 Å². The van der Waals surface area contributed by atoms with Gasteiger partial charge < -0.3 is 24.1 Å². The molecule has 3 aliphatic heterocycles. The van der Waals surface area contributed by atoms with Gasteiger partial charge in [-0.15, -0.1) is 0 Å². The van der Waals surface area contributed by atoms with Crippen molar-refractivity contribution in [3.63, 3.8) is 0 Å². The molecule has 3 aliphatic carbocycles. The Balaban J connectivity index is 1.54. The van der Waals surface area contributed by atoms with Crippen LogP contribution in [0.4, 0.5) is 0 Å². The van der Waals surface area contributed by atoms with Crippen LogP contribution in [0.5, 0.6) is 0 Å². The molecule has 37 heavy (non-hydrogen) atoms. The van der Waals surface area contributed by atoms with Crippen molar-refractivity contribution >= 4 is 23.7 Å². The molecular formula is C28H34O9. The average molecular weight is 515 g/mol. The number of hydrogen-bond donors (Lipinski definition) is 1. The topological polar surface area (TPSA) is 129 Å². The van der Waals surface area contributed by atoms with Gasteiger partial charge in [0.1, 0.15) is 17.8 Å². The molecule has 0 aromatic rings. The summed E-state index contributed by atoms with van der Waals surface area (Å²) in [4.78, 5) is 51.3. The van der Waals surface area contributed by atoms with Crippen LogP contribution < -0.4 is 0 Å². The van der Waals surface area contributed by atoms with E-state index in [1.54, 1.807) is 6.08 Å². The van der Waals surface area contributed by atoms with E-state index in [2.05, 4.69) is 6.92 Å². The van der Waals surface area contributed by atoms with E-state index in [0.717, 1.165) is 0 Å². The summed E-state index contributed by atoms with van der Waals surface area (Å²) in [5.41, 5.74) is -3.74. The Hall–Kier alpha value is -2.52. The molecule has 3 unspecified atom stereocenters. The maximum absolute atomic E-state index is 13.3. The third-order valence-electron chi connectivity index (χ3n) is 11.1. The fourth-order valence-corrected chi connectivity index (χ4v) is 9.38. The molecule has 4 fully saturated rings. The van der Waals surface area contributed by atoms with E-state index in [0.29, 0.717) is 19.3 Å². The second-order valence-corrected chi connectivity index (χ2v) is 12.9. The summed E-state index contributed by atoms with van der Waals surface area (Å²) >= 11 is 0. The number of cyclic esters (lactones) is 2. The smallest absolute Gasteiger partial charge is 0.340 e. The van der Waals surface area contributed by atoms with E-state index < -0.39 is 69.8 Å². The first kappa shape index (κ1) is 24.8. The van der Waals surface area contributed by atoms with Gasteiger partial charge in [0, 0.05) is 23.2 Å². The Morgan fingerprint density at radius 2 is 1.76 bits per heavy atom. The zero-order valence-corrected chi connectivity index (χ0v) is 22.0. The minimum absolute atomic E-state index is 0.0473. The van der Waals surface area contributed by atoms with E-state index in [9.17, 15) is 24.3 Å². The van der Waals surface area contributed by atoms with Crippen LogP contribution in [0.2, 0.25) is 0 Å². The van der Waals surface area contributed by atoms with E-state index in [4.69, 9.17) is 18.9 Å². The fraction of sp³-hybridized carbons (Fsp3) is 0.714. The van der Waals surface area contributed by atoms with Crippen molar-refractivity contribution in [3.05, 3.63) is 23.8 Å². The van der Waals surface area contributed by atoms with E-state index in [1.165, 1.54) is 13.0 Å². The molecule has 0 bridgehead atoms. The van der Waals surface area contributed by atoms with Gasteiger partial charge in [-0.05, 0) is 48.7 Å². The number of hydrogen-bond acceptors (Lipinski definition) is 9.